The van der Waals surface area contributed by atoms with Crippen LogP contribution < -0.4 is 0 Å². The summed E-state index contributed by atoms with van der Waals surface area (Å²) >= 11 is 6.61. The van der Waals surface area contributed by atoms with Crippen LogP contribution >= 0.6 is 31.9 Å². The Morgan fingerprint density at radius 3 is 2.92 bits per heavy atom. The van der Waals surface area contributed by atoms with E-state index < -0.39 is 0 Å². The van der Waals surface area contributed by atoms with Gasteiger partial charge in [0.15, 0.2) is 10.1 Å². The third kappa shape index (κ3) is 2.27. The van der Waals surface area contributed by atoms with Crippen LogP contribution in [0.2, 0.25) is 0 Å². The topological polar surface area (TPSA) is 26.3 Å². The van der Waals surface area contributed by atoms with Crippen molar-refractivity contribution in [2.24, 2.45) is 0 Å². The largest absolute Gasteiger partial charge is 0.464 e. The summed E-state index contributed by atoms with van der Waals surface area (Å²) in [6, 6.07) is 0. The number of rotatable bonds is 2. The standard InChI is InChI=1S/C9H7Br2O2/c1-13-9(12)6-3-2-4-8(11)7(6)5-10/h2-3H,5H2,1H3/q+1. The second-order valence-corrected chi connectivity index (χ2v) is 3.66. The van der Waals surface area contributed by atoms with Crippen molar-refractivity contribution in [2.75, 3.05) is 12.4 Å². The van der Waals surface area contributed by atoms with Gasteiger partial charge in [-0.2, -0.15) is 0 Å². The summed E-state index contributed by atoms with van der Waals surface area (Å²) in [5.41, 5.74) is 1.42. The molecule has 0 aromatic rings. The fourth-order valence-corrected chi connectivity index (χ4v) is 2.38. The molecule has 0 radical (unpaired) electrons. The molecule has 0 bridgehead atoms. The van der Waals surface area contributed by atoms with E-state index in [4.69, 9.17) is 0 Å². The van der Waals surface area contributed by atoms with Crippen molar-refractivity contribution in [1.82, 2.24) is 0 Å². The monoisotopic (exact) mass is 305 g/mol. The number of methoxy groups -OCH3 is 1. The first-order chi connectivity index (χ1) is 6.20. The minimum absolute atomic E-state index is 0.329. The average molecular weight is 307 g/mol. The van der Waals surface area contributed by atoms with Gasteiger partial charge in [-0.25, -0.2) is 4.79 Å². The van der Waals surface area contributed by atoms with Crippen LogP contribution in [-0.4, -0.2) is 18.4 Å². The van der Waals surface area contributed by atoms with Crippen LogP contribution in [0.1, 0.15) is 0 Å². The van der Waals surface area contributed by atoms with E-state index in [0.717, 1.165) is 10.1 Å². The summed E-state index contributed by atoms with van der Waals surface area (Å²) < 4.78 is 5.42. The lowest BCUT2D eigenvalue weighted by atomic mass is 10.1. The Morgan fingerprint density at radius 2 is 2.38 bits per heavy atom. The Labute approximate surface area is 93.6 Å². The Bertz CT molecular complexity index is 314. The van der Waals surface area contributed by atoms with Crippen LogP contribution in [0.5, 0.6) is 0 Å². The third-order valence-corrected chi connectivity index (χ3v) is 2.86. The van der Waals surface area contributed by atoms with Crippen molar-refractivity contribution in [1.29, 1.82) is 0 Å². The number of carbonyl (C=O) groups is 1. The maximum absolute atomic E-state index is 11.3. The molecular weight excluding hydrogens is 300 g/mol. The smallest absolute Gasteiger partial charge is 0.365 e. The molecule has 13 heavy (non-hydrogen) atoms. The Hall–Kier alpha value is -0.440. The number of ether oxygens (including phenoxy) is 1. The highest BCUT2D eigenvalue weighted by molar-refractivity contribution is 9.12. The summed E-state index contributed by atoms with van der Waals surface area (Å²) in [7, 11) is 1.37. The van der Waals surface area contributed by atoms with E-state index in [1.165, 1.54) is 7.11 Å². The van der Waals surface area contributed by atoms with E-state index in [1.54, 1.807) is 12.2 Å². The van der Waals surface area contributed by atoms with E-state index >= 15 is 0 Å². The Kier molecular flexibility index (Phi) is 3.85. The molecule has 68 valence electrons. The van der Waals surface area contributed by atoms with Gasteiger partial charge in [0, 0.05) is 0 Å². The van der Waals surface area contributed by atoms with Gasteiger partial charge >= 0.3 is 5.97 Å². The van der Waals surface area contributed by atoms with Crippen LogP contribution in [0.25, 0.3) is 0 Å². The summed E-state index contributed by atoms with van der Waals surface area (Å²) in [6.45, 7) is 0. The van der Waals surface area contributed by atoms with E-state index in [9.17, 15) is 4.79 Å². The zero-order chi connectivity index (χ0) is 9.84. The van der Waals surface area contributed by atoms with Crippen LogP contribution in [0.3, 0.4) is 0 Å². The van der Waals surface area contributed by atoms with Gasteiger partial charge in [0.2, 0.25) is 0 Å². The number of allylic oxidation sites excluding steroid dienone is 4. The Balaban J connectivity index is 3.11. The number of carbonyl (C=O) groups excluding carboxylic acids is 1. The molecule has 0 N–H and O–H groups in total. The normalized spacial score (nSPS) is 15.2. The number of hydrogen-bond acceptors (Lipinski definition) is 2. The van der Waals surface area contributed by atoms with E-state index in [2.05, 4.69) is 42.7 Å². The van der Waals surface area contributed by atoms with Crippen molar-refractivity contribution in [3.05, 3.63) is 33.9 Å². The van der Waals surface area contributed by atoms with Crippen LogP contribution in [0.4, 0.5) is 0 Å². The van der Waals surface area contributed by atoms with Gasteiger partial charge in [0.05, 0.1) is 24.6 Å². The number of hydrogen-bond donors (Lipinski definition) is 0. The fourth-order valence-electron chi connectivity index (χ4n) is 0.936. The summed E-state index contributed by atoms with van der Waals surface area (Å²) in [4.78, 5) is 11.3. The Morgan fingerprint density at radius 1 is 1.69 bits per heavy atom. The molecule has 1 aliphatic carbocycles. The molecule has 0 atom stereocenters. The number of alkyl halides is 1. The van der Waals surface area contributed by atoms with Gasteiger partial charge in [-0.1, -0.05) is 15.9 Å². The first-order valence-corrected chi connectivity index (χ1v) is 5.45. The van der Waals surface area contributed by atoms with Crippen molar-refractivity contribution in [2.45, 2.75) is 0 Å². The highest BCUT2D eigenvalue weighted by atomic mass is 79.9. The summed E-state index contributed by atoms with van der Waals surface area (Å²) in [5.74, 6) is -0.329. The molecule has 1 aliphatic rings. The van der Waals surface area contributed by atoms with Crippen molar-refractivity contribution >= 4 is 37.8 Å². The minimum atomic E-state index is -0.329. The van der Waals surface area contributed by atoms with Gasteiger partial charge in [-0.3, -0.25) is 0 Å². The minimum Gasteiger partial charge on any atom is -0.464 e. The van der Waals surface area contributed by atoms with E-state index in [-0.39, 0.29) is 5.97 Å². The van der Waals surface area contributed by atoms with Crippen molar-refractivity contribution < 1.29 is 9.53 Å². The highest BCUT2D eigenvalue weighted by Gasteiger charge is 2.25. The first kappa shape index (κ1) is 10.6. The lowest BCUT2D eigenvalue weighted by Gasteiger charge is -2.02. The lowest BCUT2D eigenvalue weighted by Crippen LogP contribution is -2.08. The SMILES string of the molecule is COC(=O)C1=C(CBr)C(Br)=[C+]C=C1. The molecule has 0 saturated carbocycles. The molecule has 0 saturated heterocycles. The maximum Gasteiger partial charge on any atom is 0.365 e. The molecule has 0 aromatic carbocycles. The first-order valence-electron chi connectivity index (χ1n) is 3.54. The molecule has 2 nitrogen and oxygen atoms in total. The van der Waals surface area contributed by atoms with Gasteiger partial charge in [-0.15, -0.1) is 0 Å². The van der Waals surface area contributed by atoms with Crippen molar-refractivity contribution in [3.63, 3.8) is 0 Å². The molecule has 0 aromatic heterocycles. The number of esters is 1. The summed E-state index contributed by atoms with van der Waals surface area (Å²) in [6.07, 6.45) is 6.32. The molecule has 0 unspecified atom stereocenters. The van der Waals surface area contributed by atoms with Gasteiger partial charge in [-0.05, 0) is 15.9 Å². The van der Waals surface area contributed by atoms with Gasteiger partial charge in [0.25, 0.3) is 0 Å². The highest BCUT2D eigenvalue weighted by Crippen LogP contribution is 2.26. The van der Waals surface area contributed by atoms with Crippen molar-refractivity contribution in [3.8, 4) is 0 Å². The lowest BCUT2D eigenvalue weighted by molar-refractivity contribution is -0.135. The zero-order valence-electron chi connectivity index (χ0n) is 6.93. The zero-order valence-corrected chi connectivity index (χ0v) is 10.1. The van der Waals surface area contributed by atoms with Crippen LogP contribution in [0, 0.1) is 6.08 Å². The quantitative estimate of drug-likeness (QED) is 0.445. The second kappa shape index (κ2) is 4.70. The summed E-state index contributed by atoms with van der Waals surface area (Å²) in [5, 5.41) is 0.593. The third-order valence-electron chi connectivity index (χ3n) is 1.59. The average Bonchev–Trinajstić information content (AvgIpc) is 2.16. The molecule has 0 amide bonds. The van der Waals surface area contributed by atoms with Gasteiger partial charge in [0.1, 0.15) is 11.6 Å². The fraction of sp³-hybridized carbons (Fsp3) is 0.222. The molecule has 4 heteroatoms. The van der Waals surface area contributed by atoms with Gasteiger partial charge < -0.3 is 4.74 Å². The van der Waals surface area contributed by atoms with E-state index in [0.29, 0.717) is 10.9 Å². The predicted octanol–water partition coefficient (Wildman–Crippen LogP) is 2.50. The molecule has 0 spiro atoms. The molecule has 0 fully saturated rings. The second-order valence-electron chi connectivity index (χ2n) is 2.31. The van der Waals surface area contributed by atoms with Crippen LogP contribution in [0.15, 0.2) is 27.8 Å². The molecule has 1 rings (SSSR count). The molecule has 0 heterocycles. The maximum atomic E-state index is 11.3. The molecular formula is C9H7Br2O2+. The molecule has 0 aliphatic heterocycles. The van der Waals surface area contributed by atoms with E-state index in [1.807, 2.05) is 0 Å². The van der Waals surface area contributed by atoms with Crippen LogP contribution in [-0.2, 0) is 9.53 Å². The number of halogens is 2. The predicted molar refractivity (Wildman–Crippen MR) is 57.7 cm³/mol.